The molecule has 0 aliphatic carbocycles. The first-order chi connectivity index (χ1) is 17.4. The highest BCUT2D eigenvalue weighted by molar-refractivity contribution is 6.04. The predicted octanol–water partition coefficient (Wildman–Crippen LogP) is 4.70. The summed E-state index contributed by atoms with van der Waals surface area (Å²) in [6, 6.07) is 13.3. The smallest absolute Gasteiger partial charge is 0.291 e. The molecule has 3 aromatic rings. The van der Waals surface area contributed by atoms with Crippen LogP contribution in [-0.4, -0.2) is 38.0 Å². The summed E-state index contributed by atoms with van der Waals surface area (Å²) in [4.78, 5) is 37.5. The van der Waals surface area contributed by atoms with Gasteiger partial charge in [-0.2, -0.15) is 0 Å². The van der Waals surface area contributed by atoms with Crippen molar-refractivity contribution in [3.63, 3.8) is 0 Å². The summed E-state index contributed by atoms with van der Waals surface area (Å²) in [5.41, 5.74) is 1.24. The van der Waals surface area contributed by atoms with E-state index in [1.807, 2.05) is 0 Å². The molecule has 0 bridgehead atoms. The van der Waals surface area contributed by atoms with Crippen molar-refractivity contribution in [2.24, 2.45) is 0 Å². The van der Waals surface area contributed by atoms with Gasteiger partial charge in [0.05, 0.1) is 43.6 Å². The maximum absolute atomic E-state index is 12.6. The topological polar surface area (TPSA) is 128 Å². The molecule has 190 valence electrons. The van der Waals surface area contributed by atoms with Crippen LogP contribution >= 0.6 is 0 Å². The number of hydrogen-bond acceptors (Lipinski definition) is 7. The lowest BCUT2D eigenvalue weighted by molar-refractivity contribution is -0.121. The molecule has 36 heavy (non-hydrogen) atoms. The monoisotopic (exact) mass is 495 g/mol. The minimum atomic E-state index is -0.457. The number of furan rings is 1. The molecule has 10 heteroatoms. The van der Waals surface area contributed by atoms with Crippen LogP contribution in [0.2, 0.25) is 0 Å². The van der Waals surface area contributed by atoms with E-state index >= 15 is 0 Å². The van der Waals surface area contributed by atoms with Gasteiger partial charge in [-0.3, -0.25) is 14.4 Å². The predicted molar refractivity (Wildman–Crippen MR) is 135 cm³/mol. The highest BCUT2D eigenvalue weighted by Gasteiger charge is 2.18. The summed E-state index contributed by atoms with van der Waals surface area (Å²) in [7, 11) is 1.51. The molecule has 2 aromatic carbocycles. The fraction of sp³-hybridized carbons (Fsp3) is 0.269. The largest absolute Gasteiger partial charge is 0.495 e. The Bertz CT molecular complexity index is 1190. The maximum atomic E-state index is 12.6. The second-order valence-electron chi connectivity index (χ2n) is 7.44. The first-order valence-corrected chi connectivity index (χ1v) is 11.5. The molecule has 0 unspecified atom stereocenters. The Balaban J connectivity index is 1.69. The second kappa shape index (κ2) is 12.8. The molecule has 0 saturated heterocycles. The fourth-order valence-corrected chi connectivity index (χ4v) is 3.30. The molecule has 3 rings (SSSR count). The van der Waals surface area contributed by atoms with E-state index in [0.717, 1.165) is 0 Å². The zero-order valence-electron chi connectivity index (χ0n) is 20.4. The summed E-state index contributed by atoms with van der Waals surface area (Å²) in [5, 5.41) is 8.24. The molecule has 0 aliphatic heterocycles. The molecule has 0 spiro atoms. The zero-order valence-corrected chi connectivity index (χ0v) is 20.4. The second-order valence-corrected chi connectivity index (χ2v) is 7.44. The molecule has 1 heterocycles. The molecule has 0 fully saturated rings. The minimum absolute atomic E-state index is 0.0382. The number of amides is 3. The van der Waals surface area contributed by atoms with Gasteiger partial charge < -0.3 is 34.6 Å². The Morgan fingerprint density at radius 1 is 0.750 bits per heavy atom. The number of methoxy groups -OCH3 is 1. The Morgan fingerprint density at radius 2 is 1.33 bits per heavy atom. The first-order valence-electron chi connectivity index (χ1n) is 11.5. The van der Waals surface area contributed by atoms with E-state index in [4.69, 9.17) is 18.6 Å². The summed E-state index contributed by atoms with van der Waals surface area (Å²) in [5.74, 6) is 0.166. The van der Waals surface area contributed by atoms with Crippen molar-refractivity contribution in [1.29, 1.82) is 0 Å². The molecule has 3 N–H and O–H groups in total. The third-order valence-corrected chi connectivity index (χ3v) is 4.91. The van der Waals surface area contributed by atoms with Crippen molar-refractivity contribution in [2.45, 2.75) is 26.7 Å². The SMILES string of the molecule is CCOc1cc(NC(=O)c2ccco2)c(OCC)cc1NC(=O)CCC(=O)Nc1ccccc1OC. The fourth-order valence-electron chi connectivity index (χ4n) is 3.30. The van der Waals surface area contributed by atoms with Crippen molar-refractivity contribution >= 4 is 34.8 Å². The summed E-state index contributed by atoms with van der Waals surface area (Å²) in [6.07, 6.45) is 1.30. The number of benzene rings is 2. The molecular weight excluding hydrogens is 466 g/mol. The number of carbonyl (C=O) groups is 3. The van der Waals surface area contributed by atoms with Crippen molar-refractivity contribution < 1.29 is 33.0 Å². The van der Waals surface area contributed by atoms with Gasteiger partial charge in [0.25, 0.3) is 5.91 Å². The van der Waals surface area contributed by atoms with E-state index in [9.17, 15) is 14.4 Å². The van der Waals surface area contributed by atoms with Crippen LogP contribution in [0.1, 0.15) is 37.2 Å². The van der Waals surface area contributed by atoms with Crippen LogP contribution in [0.4, 0.5) is 17.1 Å². The van der Waals surface area contributed by atoms with Crippen LogP contribution in [0.25, 0.3) is 0 Å². The molecule has 1 aromatic heterocycles. The third kappa shape index (κ3) is 7.02. The minimum Gasteiger partial charge on any atom is -0.495 e. The summed E-state index contributed by atoms with van der Waals surface area (Å²) < 4.78 is 21.7. The van der Waals surface area contributed by atoms with Crippen molar-refractivity contribution in [3.05, 3.63) is 60.6 Å². The van der Waals surface area contributed by atoms with Crippen LogP contribution in [0.3, 0.4) is 0 Å². The van der Waals surface area contributed by atoms with Crippen LogP contribution in [-0.2, 0) is 9.59 Å². The lowest BCUT2D eigenvalue weighted by atomic mass is 10.2. The number of carbonyl (C=O) groups excluding carboxylic acids is 3. The van der Waals surface area contributed by atoms with Gasteiger partial charge in [0, 0.05) is 25.0 Å². The summed E-state index contributed by atoms with van der Waals surface area (Å²) >= 11 is 0. The van der Waals surface area contributed by atoms with Gasteiger partial charge in [0.1, 0.15) is 17.2 Å². The van der Waals surface area contributed by atoms with E-state index < -0.39 is 5.91 Å². The van der Waals surface area contributed by atoms with Gasteiger partial charge in [-0.25, -0.2) is 0 Å². The molecule has 0 radical (unpaired) electrons. The zero-order chi connectivity index (χ0) is 25.9. The lowest BCUT2D eigenvalue weighted by Gasteiger charge is -2.17. The Labute approximate surface area is 208 Å². The average Bonchev–Trinajstić information content (AvgIpc) is 3.41. The Morgan fingerprint density at radius 3 is 1.89 bits per heavy atom. The van der Waals surface area contributed by atoms with E-state index in [1.165, 1.54) is 19.4 Å². The number of nitrogens with one attached hydrogen (secondary N) is 3. The quantitative estimate of drug-likeness (QED) is 0.332. The molecule has 3 amide bonds. The third-order valence-electron chi connectivity index (χ3n) is 4.91. The number of rotatable bonds is 12. The van der Waals surface area contributed by atoms with Gasteiger partial charge in [-0.05, 0) is 38.1 Å². The molecule has 0 aliphatic rings. The van der Waals surface area contributed by atoms with Crippen molar-refractivity contribution in [1.82, 2.24) is 0 Å². The first kappa shape index (κ1) is 26.1. The van der Waals surface area contributed by atoms with Crippen molar-refractivity contribution in [2.75, 3.05) is 36.3 Å². The number of hydrogen-bond donors (Lipinski definition) is 3. The van der Waals surface area contributed by atoms with Gasteiger partial charge in [-0.1, -0.05) is 12.1 Å². The van der Waals surface area contributed by atoms with Crippen LogP contribution in [0, 0.1) is 0 Å². The van der Waals surface area contributed by atoms with Gasteiger partial charge in [0.15, 0.2) is 5.76 Å². The average molecular weight is 496 g/mol. The highest BCUT2D eigenvalue weighted by Crippen LogP contribution is 2.37. The summed E-state index contributed by atoms with van der Waals surface area (Å²) in [6.45, 7) is 4.25. The molecule has 10 nitrogen and oxygen atoms in total. The van der Waals surface area contributed by atoms with Gasteiger partial charge >= 0.3 is 0 Å². The number of ether oxygens (including phenoxy) is 3. The standard InChI is InChI=1S/C26H29N3O7/c1-4-34-22-16-19(29-26(32)21-11-8-14-36-21)23(35-5-2)15-18(22)28-25(31)13-12-24(30)27-17-9-6-7-10-20(17)33-3/h6-11,14-16H,4-5,12-13H2,1-3H3,(H,27,30)(H,28,31)(H,29,32). The van der Waals surface area contributed by atoms with E-state index in [2.05, 4.69) is 16.0 Å². The number of anilines is 3. The van der Waals surface area contributed by atoms with Crippen LogP contribution in [0.5, 0.6) is 17.2 Å². The van der Waals surface area contributed by atoms with E-state index in [0.29, 0.717) is 47.5 Å². The number of para-hydroxylation sites is 2. The highest BCUT2D eigenvalue weighted by atomic mass is 16.5. The van der Waals surface area contributed by atoms with E-state index in [-0.39, 0.29) is 30.4 Å². The van der Waals surface area contributed by atoms with E-state index in [1.54, 1.807) is 56.3 Å². The van der Waals surface area contributed by atoms with Crippen LogP contribution < -0.4 is 30.2 Å². The normalized spacial score (nSPS) is 10.3. The lowest BCUT2D eigenvalue weighted by Crippen LogP contribution is -2.18. The van der Waals surface area contributed by atoms with Crippen molar-refractivity contribution in [3.8, 4) is 17.2 Å². The molecule has 0 saturated carbocycles. The van der Waals surface area contributed by atoms with Crippen LogP contribution in [0.15, 0.2) is 59.2 Å². The maximum Gasteiger partial charge on any atom is 0.291 e. The molecular formula is C26H29N3O7. The Hall–Kier alpha value is -4.47. The van der Waals surface area contributed by atoms with Gasteiger partial charge in [0.2, 0.25) is 11.8 Å². The molecule has 0 atom stereocenters. The Kier molecular flexibility index (Phi) is 9.33. The van der Waals surface area contributed by atoms with Gasteiger partial charge in [-0.15, -0.1) is 0 Å².